The van der Waals surface area contributed by atoms with Crippen molar-refractivity contribution in [3.05, 3.63) is 0 Å². The number of carbonyl (C=O) groups is 2. The largest absolute Gasteiger partial charge is 0.480 e. The Labute approximate surface area is 63.4 Å². The highest BCUT2D eigenvalue weighted by atomic mass is 27.0. The lowest BCUT2D eigenvalue weighted by Crippen LogP contribution is -2.26. The predicted molar refractivity (Wildman–Crippen MR) is 36.3 cm³/mol. The molecule has 4 nitrogen and oxygen atoms in total. The van der Waals surface area contributed by atoms with Crippen LogP contribution < -0.4 is 5.32 Å². The molecule has 0 heterocycles. The zero-order chi connectivity index (χ0) is 6.57. The Balaban J connectivity index is 0. The van der Waals surface area contributed by atoms with Crippen molar-refractivity contribution >= 4 is 29.2 Å². The van der Waals surface area contributed by atoms with Crippen molar-refractivity contribution < 1.29 is 14.7 Å². The summed E-state index contributed by atoms with van der Waals surface area (Å²) in [7, 11) is 0. The first-order chi connectivity index (χ1) is 3.63. The maximum atomic E-state index is 9.97. The molecule has 1 amide bonds. The monoisotopic (exact) mass is 147 g/mol. The number of amides is 1. The van der Waals surface area contributed by atoms with Crippen LogP contribution >= 0.6 is 0 Å². The minimum atomic E-state index is -1.03. The molecule has 0 rings (SSSR count). The summed E-state index contributed by atoms with van der Waals surface area (Å²) in [4.78, 5) is 19.7. The Morgan fingerprint density at radius 3 is 2.11 bits per heavy atom. The van der Waals surface area contributed by atoms with Gasteiger partial charge in [0.25, 0.3) is 0 Å². The second-order valence-electron chi connectivity index (χ2n) is 1.30. The van der Waals surface area contributed by atoms with Crippen LogP contribution in [0.4, 0.5) is 0 Å². The maximum Gasteiger partial charge on any atom is 0.322 e. The molecule has 0 atom stereocenters. The number of carbonyl (C=O) groups excluding carboxylic acids is 1. The molecule has 0 aliphatic heterocycles. The third-order valence-electron chi connectivity index (χ3n) is 0.489. The average Bonchev–Trinajstić information content (AvgIpc) is 1.61. The smallest absolute Gasteiger partial charge is 0.322 e. The number of carboxylic acid groups (broad SMARTS) is 1. The highest BCUT2D eigenvalue weighted by Crippen LogP contribution is 1.60. The summed E-state index contributed by atoms with van der Waals surface area (Å²) in [5.74, 6) is -1.35. The number of carboxylic acids is 1. The van der Waals surface area contributed by atoms with E-state index < -0.39 is 5.97 Å². The molecule has 0 bridgehead atoms. The molecule has 52 valence electrons. The summed E-state index contributed by atoms with van der Waals surface area (Å²) in [6, 6.07) is 0. The molecule has 0 fully saturated rings. The Bertz CT molecular complexity index is 100. The molecule has 0 saturated heterocycles. The fraction of sp³-hybridized carbons (Fsp3) is 0.500. The summed E-state index contributed by atoms with van der Waals surface area (Å²) >= 11 is 0. The lowest BCUT2D eigenvalue weighted by atomic mass is 10.6. The van der Waals surface area contributed by atoms with Crippen molar-refractivity contribution in [3.63, 3.8) is 0 Å². The van der Waals surface area contributed by atoms with Crippen LogP contribution in [-0.2, 0) is 9.59 Å². The zero-order valence-corrected chi connectivity index (χ0v) is 4.47. The fourth-order valence-electron chi connectivity index (χ4n) is 0.200. The average molecular weight is 147 g/mol. The Hall–Kier alpha value is -0.528. The van der Waals surface area contributed by atoms with Gasteiger partial charge in [0, 0.05) is 6.92 Å². The summed E-state index contributed by atoms with van der Waals surface area (Å²) in [6.07, 6.45) is 0. The number of hydrogen-bond donors (Lipinski definition) is 2. The molecular formula is C4H10AlNO3. The standard InChI is InChI=1S/C4H7NO3.Al.3H/c1-3(6)5-2-4(7)8;;;;/h2H2,1H3,(H,5,6)(H,7,8);;;;. The second-order valence-corrected chi connectivity index (χ2v) is 1.30. The highest BCUT2D eigenvalue weighted by Gasteiger charge is 1.94. The summed E-state index contributed by atoms with van der Waals surface area (Å²) in [5.41, 5.74) is 0. The Kier molecular flexibility index (Phi) is 7.03. The maximum absolute atomic E-state index is 9.97. The van der Waals surface area contributed by atoms with Gasteiger partial charge >= 0.3 is 5.97 Å². The molecule has 0 aliphatic rings. The fourth-order valence-corrected chi connectivity index (χ4v) is 0.200. The van der Waals surface area contributed by atoms with Gasteiger partial charge in [0.2, 0.25) is 5.91 Å². The van der Waals surface area contributed by atoms with Crippen LogP contribution in [0.1, 0.15) is 6.92 Å². The normalized spacial score (nSPS) is 7.22. The molecular weight excluding hydrogens is 137 g/mol. The molecule has 0 saturated carbocycles. The van der Waals surface area contributed by atoms with Crippen LogP contribution in [0.5, 0.6) is 0 Å². The van der Waals surface area contributed by atoms with E-state index in [0.717, 1.165) is 0 Å². The zero-order valence-electron chi connectivity index (χ0n) is 4.47. The van der Waals surface area contributed by atoms with Crippen molar-refractivity contribution in [2.45, 2.75) is 6.92 Å². The molecule has 5 heteroatoms. The van der Waals surface area contributed by atoms with Gasteiger partial charge in [-0.1, -0.05) is 0 Å². The van der Waals surface area contributed by atoms with Gasteiger partial charge in [0.1, 0.15) is 6.54 Å². The highest BCUT2D eigenvalue weighted by molar-refractivity contribution is 5.79. The van der Waals surface area contributed by atoms with E-state index >= 15 is 0 Å². The minimum absolute atomic E-state index is 0. The molecule has 0 aromatic rings. The molecule has 9 heavy (non-hydrogen) atoms. The predicted octanol–water partition coefficient (Wildman–Crippen LogP) is -1.98. The molecule has 0 unspecified atom stereocenters. The van der Waals surface area contributed by atoms with Crippen molar-refractivity contribution in [1.29, 1.82) is 0 Å². The van der Waals surface area contributed by atoms with Crippen molar-refractivity contribution in [3.8, 4) is 0 Å². The first-order valence-corrected chi connectivity index (χ1v) is 2.09. The van der Waals surface area contributed by atoms with Gasteiger partial charge in [0.15, 0.2) is 17.4 Å². The van der Waals surface area contributed by atoms with E-state index in [1.807, 2.05) is 0 Å². The summed E-state index contributed by atoms with van der Waals surface area (Å²) < 4.78 is 0. The van der Waals surface area contributed by atoms with E-state index in [1.54, 1.807) is 0 Å². The van der Waals surface area contributed by atoms with Gasteiger partial charge in [-0.05, 0) is 0 Å². The van der Waals surface area contributed by atoms with E-state index in [9.17, 15) is 9.59 Å². The molecule has 0 radical (unpaired) electrons. The number of rotatable bonds is 2. The Morgan fingerprint density at radius 1 is 1.56 bits per heavy atom. The number of hydrogen-bond acceptors (Lipinski definition) is 2. The van der Waals surface area contributed by atoms with Gasteiger partial charge in [-0.25, -0.2) is 0 Å². The van der Waals surface area contributed by atoms with E-state index in [-0.39, 0.29) is 29.8 Å². The van der Waals surface area contributed by atoms with Gasteiger partial charge in [-0.15, -0.1) is 0 Å². The first kappa shape index (κ1) is 11.3. The third-order valence-corrected chi connectivity index (χ3v) is 0.489. The summed E-state index contributed by atoms with van der Waals surface area (Å²) in [6.45, 7) is 0.971. The van der Waals surface area contributed by atoms with Gasteiger partial charge in [0.05, 0.1) is 0 Å². The summed E-state index contributed by atoms with van der Waals surface area (Å²) in [5, 5.41) is 10.1. The second kappa shape index (κ2) is 5.61. The van der Waals surface area contributed by atoms with E-state index in [2.05, 4.69) is 5.32 Å². The van der Waals surface area contributed by atoms with Crippen molar-refractivity contribution in [2.75, 3.05) is 6.54 Å². The van der Waals surface area contributed by atoms with Crippen LogP contribution in [-0.4, -0.2) is 40.9 Å². The van der Waals surface area contributed by atoms with E-state index in [1.165, 1.54) is 6.92 Å². The SMILES string of the molecule is CC(=O)NCC(=O)O.[AlH3]. The van der Waals surface area contributed by atoms with E-state index in [0.29, 0.717) is 0 Å². The molecule has 0 aromatic heterocycles. The molecule has 2 N–H and O–H groups in total. The topological polar surface area (TPSA) is 66.4 Å². The molecule has 0 spiro atoms. The van der Waals surface area contributed by atoms with Crippen LogP contribution in [0, 0.1) is 0 Å². The van der Waals surface area contributed by atoms with Crippen molar-refractivity contribution in [1.82, 2.24) is 5.32 Å². The first-order valence-electron chi connectivity index (χ1n) is 2.09. The van der Waals surface area contributed by atoms with Gasteiger partial charge < -0.3 is 10.4 Å². The van der Waals surface area contributed by atoms with Crippen LogP contribution in [0.3, 0.4) is 0 Å². The van der Waals surface area contributed by atoms with Gasteiger partial charge in [-0.3, -0.25) is 9.59 Å². The molecule has 0 aromatic carbocycles. The third kappa shape index (κ3) is 11.2. The Morgan fingerprint density at radius 2 is 2.00 bits per heavy atom. The van der Waals surface area contributed by atoms with Crippen LogP contribution in [0.2, 0.25) is 0 Å². The minimum Gasteiger partial charge on any atom is -0.480 e. The van der Waals surface area contributed by atoms with Crippen molar-refractivity contribution in [2.24, 2.45) is 0 Å². The van der Waals surface area contributed by atoms with Crippen LogP contribution in [0.15, 0.2) is 0 Å². The van der Waals surface area contributed by atoms with Gasteiger partial charge in [-0.2, -0.15) is 0 Å². The van der Waals surface area contributed by atoms with E-state index in [4.69, 9.17) is 5.11 Å². The lowest BCUT2D eigenvalue weighted by molar-refractivity contribution is -0.137. The lowest BCUT2D eigenvalue weighted by Gasteiger charge is -1.92. The number of nitrogens with one attached hydrogen (secondary N) is 1. The molecule has 0 aliphatic carbocycles. The number of aliphatic carboxylic acids is 1. The van der Waals surface area contributed by atoms with Crippen LogP contribution in [0.25, 0.3) is 0 Å². The quantitative estimate of drug-likeness (QED) is 0.445.